The summed E-state index contributed by atoms with van der Waals surface area (Å²) in [6.07, 6.45) is 1.84. The number of pyridine rings is 1. The minimum absolute atomic E-state index is 0.389. The van der Waals surface area contributed by atoms with Crippen molar-refractivity contribution >= 4 is 43.7 Å². The molecule has 0 saturated carbocycles. The maximum Gasteiger partial charge on any atom is 0.164 e. The number of para-hydroxylation sites is 4. The third kappa shape index (κ3) is 7.18. The molecular formula is C51H40N6O4. The lowest BCUT2D eigenvalue weighted by Crippen LogP contribution is -2.06. The van der Waals surface area contributed by atoms with Crippen LogP contribution in [0.2, 0.25) is 0 Å². The van der Waals surface area contributed by atoms with E-state index in [2.05, 4.69) is 83.4 Å². The van der Waals surface area contributed by atoms with Crippen LogP contribution in [0.1, 0.15) is 0 Å². The zero-order valence-electron chi connectivity index (χ0n) is 33.7. The highest BCUT2D eigenvalue weighted by atomic mass is 16.5. The molecule has 4 heterocycles. The quantitative estimate of drug-likeness (QED) is 0.105. The highest BCUT2D eigenvalue weighted by Gasteiger charge is 2.20. The fraction of sp³-hybridized carbons (Fsp3) is 0.118. The highest BCUT2D eigenvalue weighted by Crippen LogP contribution is 2.38. The van der Waals surface area contributed by atoms with Gasteiger partial charge in [-0.15, -0.1) is 0 Å². The number of hydrogen-bond donors (Lipinski definition) is 0. The van der Waals surface area contributed by atoms with E-state index in [1.54, 1.807) is 14.2 Å². The number of fused-ring (bicyclic) bond motifs is 5. The summed E-state index contributed by atoms with van der Waals surface area (Å²) in [5.74, 6) is 2.48. The van der Waals surface area contributed by atoms with Gasteiger partial charge in [0.15, 0.2) is 11.6 Å². The average molecular weight is 801 g/mol. The molecule has 10 nitrogen and oxygen atoms in total. The van der Waals surface area contributed by atoms with Crippen LogP contribution in [0.15, 0.2) is 158 Å². The van der Waals surface area contributed by atoms with Crippen LogP contribution in [-0.2, 0) is 9.47 Å². The van der Waals surface area contributed by atoms with E-state index in [1.165, 1.54) is 0 Å². The number of hydrogen-bond acceptors (Lipinski definition) is 9. The van der Waals surface area contributed by atoms with Crippen LogP contribution in [0.3, 0.4) is 0 Å². The minimum Gasteiger partial charge on any atom is -0.490 e. The SMILES string of the molecule is COCCOc1ccccc1-c1nc(-c2cccc(-c3nc(-c4ccccc4OCCOC)nc4cc(-n5c6ccccc6c6ncccc65)ccc34)c2)c2ccccc2n1. The summed E-state index contributed by atoms with van der Waals surface area (Å²) in [7, 11) is 3.32. The summed E-state index contributed by atoms with van der Waals surface area (Å²) >= 11 is 0. The molecule has 0 unspecified atom stereocenters. The number of methoxy groups -OCH3 is 2. The molecule has 0 N–H and O–H groups in total. The molecule has 0 spiro atoms. The van der Waals surface area contributed by atoms with Gasteiger partial charge in [-0.2, -0.15) is 0 Å². The topological polar surface area (TPSA) is 106 Å². The van der Waals surface area contributed by atoms with E-state index in [0.717, 1.165) is 83.1 Å². The van der Waals surface area contributed by atoms with E-state index < -0.39 is 0 Å². The van der Waals surface area contributed by atoms with Gasteiger partial charge in [-0.3, -0.25) is 4.98 Å². The summed E-state index contributed by atoms with van der Waals surface area (Å²) in [6, 6.07) is 51.0. The van der Waals surface area contributed by atoms with Gasteiger partial charge in [0.2, 0.25) is 0 Å². The number of ether oxygens (including phenoxy) is 4. The molecule has 0 bridgehead atoms. The minimum atomic E-state index is 0.389. The maximum atomic E-state index is 6.22. The van der Waals surface area contributed by atoms with Crippen LogP contribution in [0.5, 0.6) is 11.5 Å². The molecule has 10 heteroatoms. The Bertz CT molecular complexity index is 3170. The van der Waals surface area contributed by atoms with Crippen LogP contribution in [0.25, 0.3) is 94.7 Å². The largest absolute Gasteiger partial charge is 0.490 e. The number of nitrogens with zero attached hydrogens (tertiary/aromatic N) is 6. The first-order valence-electron chi connectivity index (χ1n) is 20.1. The van der Waals surface area contributed by atoms with Crippen LogP contribution in [0, 0.1) is 0 Å². The van der Waals surface area contributed by atoms with Gasteiger partial charge in [-0.1, -0.05) is 78.9 Å². The Balaban J connectivity index is 1.16. The van der Waals surface area contributed by atoms with Crippen molar-refractivity contribution in [3.05, 3.63) is 158 Å². The van der Waals surface area contributed by atoms with Crippen molar-refractivity contribution in [2.24, 2.45) is 0 Å². The van der Waals surface area contributed by atoms with E-state index in [1.807, 2.05) is 79.0 Å². The van der Waals surface area contributed by atoms with Crippen LogP contribution < -0.4 is 9.47 Å². The van der Waals surface area contributed by atoms with Crippen molar-refractivity contribution in [1.29, 1.82) is 0 Å². The smallest absolute Gasteiger partial charge is 0.164 e. The Kier molecular flexibility index (Phi) is 10.3. The maximum absolute atomic E-state index is 6.22. The molecule has 6 aromatic carbocycles. The van der Waals surface area contributed by atoms with Gasteiger partial charge in [0.25, 0.3) is 0 Å². The van der Waals surface area contributed by atoms with Gasteiger partial charge >= 0.3 is 0 Å². The van der Waals surface area contributed by atoms with Crippen molar-refractivity contribution in [2.75, 3.05) is 40.6 Å². The zero-order valence-corrected chi connectivity index (χ0v) is 33.7. The van der Waals surface area contributed by atoms with Gasteiger partial charge in [0.1, 0.15) is 24.7 Å². The van der Waals surface area contributed by atoms with Crippen molar-refractivity contribution in [1.82, 2.24) is 29.5 Å². The van der Waals surface area contributed by atoms with Gasteiger partial charge < -0.3 is 23.5 Å². The van der Waals surface area contributed by atoms with Gasteiger partial charge in [0, 0.05) is 53.4 Å². The van der Waals surface area contributed by atoms with E-state index in [0.29, 0.717) is 49.6 Å². The van der Waals surface area contributed by atoms with Crippen LogP contribution >= 0.6 is 0 Å². The van der Waals surface area contributed by atoms with Crippen molar-refractivity contribution in [3.8, 4) is 62.5 Å². The van der Waals surface area contributed by atoms with Gasteiger partial charge in [-0.25, -0.2) is 19.9 Å². The molecule has 298 valence electrons. The molecule has 10 rings (SSSR count). The fourth-order valence-corrected chi connectivity index (χ4v) is 7.91. The van der Waals surface area contributed by atoms with E-state index in [9.17, 15) is 0 Å². The van der Waals surface area contributed by atoms with E-state index in [4.69, 9.17) is 43.9 Å². The lowest BCUT2D eigenvalue weighted by atomic mass is 9.99. The molecule has 0 amide bonds. The standard InChI is InChI=1S/C51H40N6O4/c1-58-27-29-60-45-22-9-5-17-39(45)50-53-41-19-7-3-15-36(41)47(55-50)33-13-11-14-34(31-33)48-37-25-24-35(57-43-20-8-4-16-38(43)49-44(57)21-12-26-52-49)32-42(37)54-51(56-48)40-18-6-10-23-46(40)61-30-28-59-2/h3-26,31-32H,27-30H2,1-2H3. The summed E-state index contributed by atoms with van der Waals surface area (Å²) in [5, 5.41) is 2.92. The number of rotatable bonds is 13. The molecule has 0 fully saturated rings. The van der Waals surface area contributed by atoms with Crippen molar-refractivity contribution < 1.29 is 18.9 Å². The zero-order chi connectivity index (χ0) is 41.1. The average Bonchev–Trinajstić information content (AvgIpc) is 3.65. The first-order chi connectivity index (χ1) is 30.2. The second kappa shape index (κ2) is 16.6. The third-order valence-electron chi connectivity index (χ3n) is 10.7. The van der Waals surface area contributed by atoms with Gasteiger partial charge in [0.05, 0.1) is 63.3 Å². The van der Waals surface area contributed by atoms with Crippen LogP contribution in [0.4, 0.5) is 0 Å². The molecular weight excluding hydrogens is 761 g/mol. The Morgan fingerprint density at radius 1 is 0.459 bits per heavy atom. The molecule has 10 aromatic rings. The lowest BCUT2D eigenvalue weighted by molar-refractivity contribution is 0.146. The summed E-state index contributed by atoms with van der Waals surface area (Å²) < 4.78 is 25.2. The second-order valence-electron chi connectivity index (χ2n) is 14.5. The molecule has 0 radical (unpaired) electrons. The van der Waals surface area contributed by atoms with E-state index >= 15 is 0 Å². The molecule has 61 heavy (non-hydrogen) atoms. The summed E-state index contributed by atoms with van der Waals surface area (Å²) in [4.78, 5) is 25.6. The predicted octanol–water partition coefficient (Wildman–Crippen LogP) is 10.8. The predicted molar refractivity (Wildman–Crippen MR) is 241 cm³/mol. The van der Waals surface area contributed by atoms with Crippen LogP contribution in [-0.4, -0.2) is 70.1 Å². The van der Waals surface area contributed by atoms with Gasteiger partial charge in [-0.05, 0) is 72.8 Å². The Morgan fingerprint density at radius 2 is 1.03 bits per heavy atom. The first-order valence-corrected chi connectivity index (χ1v) is 20.1. The lowest BCUT2D eigenvalue weighted by Gasteiger charge is -2.15. The summed E-state index contributed by atoms with van der Waals surface area (Å²) in [6.45, 7) is 1.72. The van der Waals surface area contributed by atoms with Crippen molar-refractivity contribution in [2.45, 2.75) is 0 Å². The molecule has 0 aliphatic heterocycles. The molecule has 0 aliphatic carbocycles. The molecule has 0 aliphatic rings. The fourth-order valence-electron chi connectivity index (χ4n) is 7.91. The van der Waals surface area contributed by atoms with E-state index in [-0.39, 0.29) is 0 Å². The normalized spacial score (nSPS) is 11.5. The third-order valence-corrected chi connectivity index (χ3v) is 10.7. The number of aromatic nitrogens is 6. The molecule has 4 aromatic heterocycles. The monoisotopic (exact) mass is 800 g/mol. The molecule has 0 atom stereocenters. The molecule has 0 saturated heterocycles. The highest BCUT2D eigenvalue weighted by molar-refractivity contribution is 6.07. The summed E-state index contributed by atoms with van der Waals surface area (Å²) in [5.41, 5.74) is 10.6. The second-order valence-corrected chi connectivity index (χ2v) is 14.5. The van der Waals surface area contributed by atoms with Crippen molar-refractivity contribution in [3.63, 3.8) is 0 Å². The number of benzene rings is 6. The first kappa shape index (κ1) is 37.7. The Morgan fingerprint density at radius 3 is 1.72 bits per heavy atom. The Labute approximate surface area is 352 Å². The Hall–Kier alpha value is -7.53.